The summed E-state index contributed by atoms with van der Waals surface area (Å²) in [7, 11) is 0. The molecule has 0 fully saturated rings. The maximum absolute atomic E-state index is 12.4. The molecule has 0 N–H and O–H groups in total. The van der Waals surface area contributed by atoms with Crippen LogP contribution < -0.4 is 0 Å². The molecule has 6 nitrogen and oxygen atoms in total. The highest BCUT2D eigenvalue weighted by atomic mass is 16.6. The highest BCUT2D eigenvalue weighted by molar-refractivity contribution is 5.89. The summed E-state index contributed by atoms with van der Waals surface area (Å²) in [5.41, 5.74) is -1.39. The number of hydrogen-bond acceptors (Lipinski definition) is 5. The minimum absolute atomic E-state index is 0.0950. The molecule has 1 aliphatic heterocycles. The van der Waals surface area contributed by atoms with E-state index in [4.69, 9.17) is 14.2 Å². The largest absolute Gasteiger partial charge is 0.498 e. The molecule has 0 spiro atoms. The van der Waals surface area contributed by atoms with Gasteiger partial charge >= 0.3 is 12.2 Å². The molecule has 0 aromatic heterocycles. The minimum Gasteiger partial charge on any atom is -0.498 e. The van der Waals surface area contributed by atoms with Crippen LogP contribution in [0, 0.1) is 0 Å². The Hall–Kier alpha value is -1.72. The van der Waals surface area contributed by atoms with Gasteiger partial charge in [-0.2, -0.15) is 0 Å². The Balaban J connectivity index is 2.99. The van der Waals surface area contributed by atoms with E-state index in [0.29, 0.717) is 6.42 Å². The fraction of sp³-hybridized carbons (Fsp3) is 0.750. The van der Waals surface area contributed by atoms with Crippen molar-refractivity contribution in [3.8, 4) is 0 Å². The molecule has 0 radical (unpaired) electrons. The average Bonchev–Trinajstić information content (AvgIpc) is 2.23. The first-order chi connectivity index (χ1) is 9.89. The molecule has 6 heteroatoms. The Kier molecular flexibility index (Phi) is 5.49. The summed E-state index contributed by atoms with van der Waals surface area (Å²) in [6.45, 7) is 12.4. The molecule has 0 aromatic carbocycles. The molecule has 0 saturated carbocycles. The van der Waals surface area contributed by atoms with Gasteiger partial charge in [-0.15, -0.1) is 0 Å². The topological polar surface area (TPSA) is 65.1 Å². The van der Waals surface area contributed by atoms with Crippen LogP contribution in [0.15, 0.2) is 12.3 Å². The van der Waals surface area contributed by atoms with Crippen molar-refractivity contribution >= 4 is 12.2 Å². The van der Waals surface area contributed by atoms with Gasteiger partial charge in [0.15, 0.2) is 0 Å². The third-order valence-corrected chi connectivity index (χ3v) is 2.70. The van der Waals surface area contributed by atoms with Crippen LogP contribution in [0.25, 0.3) is 0 Å². The molecule has 0 bridgehead atoms. The fourth-order valence-electron chi connectivity index (χ4n) is 1.90. The summed E-state index contributed by atoms with van der Waals surface area (Å²) >= 11 is 0. The summed E-state index contributed by atoms with van der Waals surface area (Å²) < 4.78 is 16.0. The lowest BCUT2D eigenvalue weighted by atomic mass is 10.1. The molecule has 0 saturated heterocycles. The van der Waals surface area contributed by atoms with Gasteiger partial charge in [0.05, 0.1) is 18.4 Å². The Bertz CT molecular complexity index is 416. The number of carbonyl (C=O) groups is 2. The third-order valence-electron chi connectivity index (χ3n) is 2.70. The van der Waals surface area contributed by atoms with Crippen molar-refractivity contribution in [1.29, 1.82) is 0 Å². The van der Waals surface area contributed by atoms with Crippen LogP contribution in [-0.4, -0.2) is 40.4 Å². The summed E-state index contributed by atoms with van der Waals surface area (Å²) in [5, 5.41) is 0. The first-order valence-electron chi connectivity index (χ1n) is 7.46. The van der Waals surface area contributed by atoms with Crippen molar-refractivity contribution < 1.29 is 23.8 Å². The Morgan fingerprint density at radius 3 is 1.86 bits per heavy atom. The molecule has 2 atom stereocenters. The van der Waals surface area contributed by atoms with Crippen molar-refractivity contribution in [3.63, 3.8) is 0 Å². The van der Waals surface area contributed by atoms with Gasteiger partial charge in [0.1, 0.15) is 11.2 Å². The number of imide groups is 1. The molecule has 1 aliphatic rings. The molecule has 1 heterocycles. The summed E-state index contributed by atoms with van der Waals surface area (Å²) in [5.74, 6) is 0. The highest BCUT2D eigenvalue weighted by Gasteiger charge is 2.37. The Labute approximate surface area is 132 Å². The van der Waals surface area contributed by atoms with Gasteiger partial charge in [-0.05, 0) is 54.5 Å². The quantitative estimate of drug-likeness (QED) is 0.735. The van der Waals surface area contributed by atoms with Crippen LogP contribution in [-0.2, 0) is 14.2 Å². The molecule has 2 amide bonds. The van der Waals surface area contributed by atoms with Gasteiger partial charge in [0.2, 0.25) is 0 Å². The van der Waals surface area contributed by atoms with E-state index in [1.54, 1.807) is 47.6 Å². The fourth-order valence-corrected chi connectivity index (χ4v) is 1.90. The molecule has 1 rings (SSSR count). The number of carbonyl (C=O) groups excluding carboxylic acids is 2. The summed E-state index contributed by atoms with van der Waals surface area (Å²) in [6, 6.07) is -0.451. The first-order valence-corrected chi connectivity index (χ1v) is 7.46. The number of nitrogens with zero attached hydrogens (tertiary/aromatic N) is 1. The maximum atomic E-state index is 12.4. The van der Waals surface area contributed by atoms with Crippen LogP contribution in [0.1, 0.15) is 54.9 Å². The number of rotatable bonds is 1. The maximum Gasteiger partial charge on any atom is 0.420 e. The van der Waals surface area contributed by atoms with Crippen molar-refractivity contribution in [2.75, 3.05) is 0 Å². The molecular weight excluding hydrogens is 286 g/mol. The van der Waals surface area contributed by atoms with Crippen LogP contribution in [0.4, 0.5) is 9.59 Å². The number of hydrogen-bond donors (Lipinski definition) is 0. The minimum atomic E-state index is -0.717. The van der Waals surface area contributed by atoms with Gasteiger partial charge in [-0.3, -0.25) is 0 Å². The molecule has 126 valence electrons. The van der Waals surface area contributed by atoms with Gasteiger partial charge in [0, 0.05) is 6.42 Å². The molecular formula is C16H27NO5. The second-order valence-electron chi connectivity index (χ2n) is 7.41. The predicted octanol–water partition coefficient (Wildman–Crippen LogP) is 3.85. The highest BCUT2D eigenvalue weighted by Crippen LogP contribution is 2.22. The third kappa shape index (κ3) is 5.95. The van der Waals surface area contributed by atoms with E-state index in [9.17, 15) is 9.59 Å². The molecule has 0 aromatic rings. The zero-order valence-corrected chi connectivity index (χ0v) is 14.5. The monoisotopic (exact) mass is 313 g/mol. The lowest BCUT2D eigenvalue weighted by molar-refractivity contribution is -0.00976. The molecule has 22 heavy (non-hydrogen) atoms. The van der Waals surface area contributed by atoms with Crippen LogP contribution in [0.3, 0.4) is 0 Å². The van der Waals surface area contributed by atoms with Crippen LogP contribution in [0.5, 0.6) is 0 Å². The van der Waals surface area contributed by atoms with Crippen LogP contribution >= 0.6 is 0 Å². The van der Waals surface area contributed by atoms with E-state index in [-0.39, 0.29) is 6.10 Å². The number of ether oxygens (including phenoxy) is 3. The van der Waals surface area contributed by atoms with E-state index in [1.165, 1.54) is 6.26 Å². The van der Waals surface area contributed by atoms with E-state index < -0.39 is 29.4 Å². The average molecular weight is 313 g/mol. The lowest BCUT2D eigenvalue weighted by Crippen LogP contribution is -2.49. The standard InChI is InChI=1S/C16H27NO5/c1-11-10-12(8-9-20-11)17(13(18)21-15(2,3)4)14(19)22-16(5,6)7/h8-9,11-12H,10H2,1-7H3. The first kappa shape index (κ1) is 18.3. The Morgan fingerprint density at radius 1 is 1.05 bits per heavy atom. The summed E-state index contributed by atoms with van der Waals surface area (Å²) in [6.07, 6.45) is 2.13. The molecule has 2 unspecified atom stereocenters. The zero-order valence-electron chi connectivity index (χ0n) is 14.5. The van der Waals surface area contributed by atoms with E-state index in [1.807, 2.05) is 6.92 Å². The SMILES string of the molecule is CC1CC(N(C(=O)OC(C)(C)C)C(=O)OC(C)(C)C)C=CO1. The zero-order chi connectivity index (χ0) is 17.1. The van der Waals surface area contributed by atoms with E-state index in [0.717, 1.165) is 4.90 Å². The van der Waals surface area contributed by atoms with Gasteiger partial charge in [-0.1, -0.05) is 0 Å². The van der Waals surface area contributed by atoms with Crippen molar-refractivity contribution in [2.24, 2.45) is 0 Å². The normalized spacial score (nSPS) is 21.8. The smallest absolute Gasteiger partial charge is 0.420 e. The van der Waals surface area contributed by atoms with Crippen molar-refractivity contribution in [1.82, 2.24) is 4.90 Å². The van der Waals surface area contributed by atoms with E-state index >= 15 is 0 Å². The van der Waals surface area contributed by atoms with Crippen molar-refractivity contribution in [3.05, 3.63) is 12.3 Å². The number of amides is 2. The summed E-state index contributed by atoms with van der Waals surface area (Å²) in [4.78, 5) is 25.9. The lowest BCUT2D eigenvalue weighted by Gasteiger charge is -2.34. The predicted molar refractivity (Wildman–Crippen MR) is 82.4 cm³/mol. The van der Waals surface area contributed by atoms with Crippen LogP contribution in [0.2, 0.25) is 0 Å². The van der Waals surface area contributed by atoms with Gasteiger partial charge < -0.3 is 14.2 Å². The second-order valence-corrected chi connectivity index (χ2v) is 7.41. The van der Waals surface area contributed by atoms with E-state index in [2.05, 4.69) is 0 Å². The second kappa shape index (κ2) is 6.58. The van der Waals surface area contributed by atoms with Gasteiger partial charge in [0.25, 0.3) is 0 Å². The van der Waals surface area contributed by atoms with Gasteiger partial charge in [-0.25, -0.2) is 14.5 Å². The molecule has 0 aliphatic carbocycles. The van der Waals surface area contributed by atoms with Crippen molar-refractivity contribution in [2.45, 2.75) is 78.2 Å². The Morgan fingerprint density at radius 2 is 1.50 bits per heavy atom.